The third kappa shape index (κ3) is 2.58. The van der Waals surface area contributed by atoms with Gasteiger partial charge in [-0.05, 0) is 26.0 Å². The molecule has 90 valence electrons. The van der Waals surface area contributed by atoms with Crippen molar-refractivity contribution in [2.75, 3.05) is 5.32 Å². The van der Waals surface area contributed by atoms with Crippen molar-refractivity contribution in [1.29, 1.82) is 0 Å². The monoisotopic (exact) mass is 232 g/mol. The summed E-state index contributed by atoms with van der Waals surface area (Å²) in [6, 6.07) is 9.30. The van der Waals surface area contributed by atoms with Crippen molar-refractivity contribution in [2.24, 2.45) is 0 Å². The Morgan fingerprint density at radius 1 is 1.29 bits per heavy atom. The van der Waals surface area contributed by atoms with Crippen molar-refractivity contribution >= 4 is 11.6 Å². The second-order valence-electron chi connectivity index (χ2n) is 4.83. The number of nitrogens with one attached hydrogen (secondary N) is 2. The first-order chi connectivity index (χ1) is 7.98. The lowest BCUT2D eigenvalue weighted by Crippen LogP contribution is -2.49. The number of hydrogen-bond acceptors (Lipinski definition) is 3. The van der Waals surface area contributed by atoms with Crippen LogP contribution in [0, 0.1) is 0 Å². The molecule has 0 aliphatic carbocycles. The Balaban J connectivity index is 2.24. The van der Waals surface area contributed by atoms with Crippen LogP contribution in [0.25, 0.3) is 0 Å². The Hall–Kier alpha value is -1.97. The molecule has 1 aromatic rings. The SMILES string of the molecule is CC1(C)CC(O)=C(Nc2ccccc2)C(=O)N1. The van der Waals surface area contributed by atoms with Crippen molar-refractivity contribution < 1.29 is 9.90 Å². The molecular weight excluding hydrogens is 216 g/mol. The highest BCUT2D eigenvalue weighted by Crippen LogP contribution is 2.23. The third-order valence-electron chi connectivity index (χ3n) is 2.62. The summed E-state index contributed by atoms with van der Waals surface area (Å²) in [4.78, 5) is 11.8. The summed E-state index contributed by atoms with van der Waals surface area (Å²) in [5, 5.41) is 15.7. The molecule has 0 radical (unpaired) electrons. The van der Waals surface area contributed by atoms with Gasteiger partial charge in [0.05, 0.1) is 0 Å². The first-order valence-electron chi connectivity index (χ1n) is 5.55. The van der Waals surface area contributed by atoms with E-state index in [4.69, 9.17) is 0 Å². The highest BCUT2D eigenvalue weighted by molar-refractivity contribution is 5.98. The summed E-state index contributed by atoms with van der Waals surface area (Å²) in [6.45, 7) is 3.75. The second-order valence-corrected chi connectivity index (χ2v) is 4.83. The molecule has 0 saturated carbocycles. The predicted octanol–water partition coefficient (Wildman–Crippen LogP) is 2.17. The molecule has 4 heteroatoms. The molecule has 3 N–H and O–H groups in total. The predicted molar refractivity (Wildman–Crippen MR) is 66.6 cm³/mol. The van der Waals surface area contributed by atoms with Crippen molar-refractivity contribution in [3.8, 4) is 0 Å². The molecule has 0 fully saturated rings. The maximum Gasteiger partial charge on any atom is 0.271 e. The standard InChI is InChI=1S/C13H16N2O2/c1-13(2)8-10(16)11(12(17)15-13)14-9-6-4-3-5-7-9/h3-7,14,16H,8H2,1-2H3,(H,15,17). The van der Waals surface area contributed by atoms with Gasteiger partial charge in [0.2, 0.25) is 0 Å². The minimum Gasteiger partial charge on any atom is -0.510 e. The van der Waals surface area contributed by atoms with Gasteiger partial charge in [0.15, 0.2) is 0 Å². The maximum absolute atomic E-state index is 11.8. The second kappa shape index (κ2) is 4.13. The fourth-order valence-corrected chi connectivity index (χ4v) is 1.85. The topological polar surface area (TPSA) is 61.4 Å². The van der Waals surface area contributed by atoms with Gasteiger partial charge in [0.25, 0.3) is 5.91 Å². The molecule has 17 heavy (non-hydrogen) atoms. The summed E-state index contributed by atoms with van der Waals surface area (Å²) < 4.78 is 0. The molecule has 0 bridgehead atoms. The maximum atomic E-state index is 11.8. The number of aliphatic hydroxyl groups is 1. The molecule has 1 aliphatic heterocycles. The molecule has 0 aromatic heterocycles. The van der Waals surface area contributed by atoms with Crippen molar-refractivity contribution in [2.45, 2.75) is 25.8 Å². The number of rotatable bonds is 2. The number of carbonyl (C=O) groups excluding carboxylic acids is 1. The molecule has 1 heterocycles. The Kier molecular flexibility index (Phi) is 2.79. The highest BCUT2D eigenvalue weighted by atomic mass is 16.3. The van der Waals surface area contributed by atoms with Crippen molar-refractivity contribution in [3.63, 3.8) is 0 Å². The average molecular weight is 232 g/mol. The lowest BCUT2D eigenvalue weighted by atomic mass is 9.94. The van der Waals surface area contributed by atoms with E-state index in [0.29, 0.717) is 6.42 Å². The van der Waals surface area contributed by atoms with Crippen LogP contribution < -0.4 is 10.6 Å². The summed E-state index contributed by atoms with van der Waals surface area (Å²) >= 11 is 0. The summed E-state index contributed by atoms with van der Waals surface area (Å²) in [5.41, 5.74) is 0.614. The Labute approximate surface area is 100 Å². The van der Waals surface area contributed by atoms with E-state index in [1.165, 1.54) is 0 Å². The van der Waals surface area contributed by atoms with Crippen LogP contribution in [0.2, 0.25) is 0 Å². The zero-order chi connectivity index (χ0) is 12.5. The number of para-hydroxylation sites is 1. The number of benzene rings is 1. The number of anilines is 1. The fraction of sp³-hybridized carbons (Fsp3) is 0.308. The van der Waals surface area contributed by atoms with Crippen LogP contribution in [0.3, 0.4) is 0 Å². The van der Waals surface area contributed by atoms with Gasteiger partial charge < -0.3 is 15.7 Å². The first kappa shape index (κ1) is 11.5. The van der Waals surface area contributed by atoms with Crippen LogP contribution >= 0.6 is 0 Å². The molecule has 4 nitrogen and oxygen atoms in total. The third-order valence-corrected chi connectivity index (χ3v) is 2.62. The summed E-state index contributed by atoms with van der Waals surface area (Å²) in [5.74, 6) is -0.176. The van der Waals surface area contributed by atoms with Crippen LogP contribution in [0.1, 0.15) is 20.3 Å². The van der Waals surface area contributed by atoms with Crippen LogP contribution in [-0.4, -0.2) is 16.6 Å². The van der Waals surface area contributed by atoms with Crippen LogP contribution in [0.4, 0.5) is 5.69 Å². The van der Waals surface area contributed by atoms with E-state index in [0.717, 1.165) is 5.69 Å². The Bertz CT molecular complexity index is 464. The van der Waals surface area contributed by atoms with Crippen LogP contribution in [-0.2, 0) is 4.79 Å². The molecule has 1 aliphatic rings. The zero-order valence-corrected chi connectivity index (χ0v) is 9.95. The molecule has 0 atom stereocenters. The van der Waals surface area contributed by atoms with Gasteiger partial charge in [0, 0.05) is 17.6 Å². The highest BCUT2D eigenvalue weighted by Gasteiger charge is 2.32. The number of aliphatic hydroxyl groups excluding tert-OH is 1. The van der Waals surface area contributed by atoms with Crippen LogP contribution in [0.15, 0.2) is 41.8 Å². The quantitative estimate of drug-likeness (QED) is 0.732. The number of hydrogen-bond donors (Lipinski definition) is 3. The van der Waals surface area contributed by atoms with Gasteiger partial charge >= 0.3 is 0 Å². The van der Waals surface area contributed by atoms with Gasteiger partial charge in [-0.1, -0.05) is 18.2 Å². The smallest absolute Gasteiger partial charge is 0.271 e. The normalized spacial score (nSPS) is 18.8. The average Bonchev–Trinajstić information content (AvgIpc) is 2.24. The van der Waals surface area contributed by atoms with Gasteiger partial charge in [-0.2, -0.15) is 0 Å². The van der Waals surface area contributed by atoms with Crippen molar-refractivity contribution in [1.82, 2.24) is 5.32 Å². The van der Waals surface area contributed by atoms with E-state index in [1.54, 1.807) is 0 Å². The molecule has 0 unspecified atom stereocenters. The molecule has 0 spiro atoms. The van der Waals surface area contributed by atoms with E-state index in [9.17, 15) is 9.90 Å². The molecule has 1 amide bonds. The molecule has 2 rings (SSSR count). The van der Waals surface area contributed by atoms with E-state index in [-0.39, 0.29) is 17.4 Å². The van der Waals surface area contributed by atoms with Gasteiger partial charge in [0.1, 0.15) is 11.5 Å². The molecule has 1 aromatic carbocycles. The number of carbonyl (C=O) groups is 1. The van der Waals surface area contributed by atoms with Gasteiger partial charge in [-0.25, -0.2) is 0 Å². The Morgan fingerprint density at radius 3 is 2.53 bits per heavy atom. The summed E-state index contributed by atoms with van der Waals surface area (Å²) in [7, 11) is 0. The lowest BCUT2D eigenvalue weighted by molar-refractivity contribution is -0.119. The first-order valence-corrected chi connectivity index (χ1v) is 5.55. The van der Waals surface area contributed by atoms with Gasteiger partial charge in [-0.15, -0.1) is 0 Å². The fourth-order valence-electron chi connectivity index (χ4n) is 1.85. The largest absolute Gasteiger partial charge is 0.510 e. The minimum atomic E-state index is -0.400. The zero-order valence-electron chi connectivity index (χ0n) is 9.95. The van der Waals surface area contributed by atoms with E-state index < -0.39 is 5.54 Å². The Morgan fingerprint density at radius 2 is 1.94 bits per heavy atom. The van der Waals surface area contributed by atoms with Crippen molar-refractivity contribution in [3.05, 3.63) is 41.8 Å². The van der Waals surface area contributed by atoms with E-state index >= 15 is 0 Å². The number of amides is 1. The molecular formula is C13H16N2O2. The van der Waals surface area contributed by atoms with E-state index in [1.807, 2.05) is 44.2 Å². The van der Waals surface area contributed by atoms with Gasteiger partial charge in [-0.3, -0.25) is 4.79 Å². The molecule has 0 saturated heterocycles. The summed E-state index contributed by atoms with van der Waals surface area (Å²) in [6.07, 6.45) is 0.425. The van der Waals surface area contributed by atoms with E-state index in [2.05, 4.69) is 10.6 Å². The van der Waals surface area contributed by atoms with Crippen LogP contribution in [0.5, 0.6) is 0 Å². The minimum absolute atomic E-state index is 0.0996. The lowest BCUT2D eigenvalue weighted by Gasteiger charge is -2.31.